The van der Waals surface area contributed by atoms with Crippen molar-refractivity contribution in [1.29, 1.82) is 0 Å². The molecule has 0 aromatic heterocycles. The largest absolute Gasteiger partial charge is 0.468 e. The van der Waals surface area contributed by atoms with Crippen LogP contribution in [0.1, 0.15) is 18.4 Å². The van der Waals surface area contributed by atoms with Crippen molar-refractivity contribution in [2.45, 2.75) is 18.3 Å². The Morgan fingerprint density at radius 2 is 2.06 bits per heavy atom. The van der Waals surface area contributed by atoms with Crippen LogP contribution in [-0.2, 0) is 14.9 Å². The first kappa shape index (κ1) is 11.1. The molecule has 1 unspecified atom stereocenters. The van der Waals surface area contributed by atoms with E-state index in [0.717, 1.165) is 18.4 Å². The summed E-state index contributed by atoms with van der Waals surface area (Å²) in [6.45, 7) is 0.314. The van der Waals surface area contributed by atoms with Gasteiger partial charge >= 0.3 is 5.97 Å². The molecule has 0 bridgehead atoms. The van der Waals surface area contributed by atoms with Crippen LogP contribution in [0.3, 0.4) is 0 Å². The molecule has 2 rings (SSSR count). The molecule has 3 heteroatoms. The van der Waals surface area contributed by atoms with Gasteiger partial charge in [-0.05, 0) is 24.3 Å². The molecule has 1 saturated carbocycles. The zero-order valence-corrected chi connectivity index (χ0v) is 9.48. The topological polar surface area (TPSA) is 52.3 Å². The number of hydrogen-bond donors (Lipinski definition) is 1. The Kier molecular flexibility index (Phi) is 2.97. The predicted octanol–water partition coefficient (Wildman–Crippen LogP) is 1.47. The zero-order valence-electron chi connectivity index (χ0n) is 9.48. The second-order valence-corrected chi connectivity index (χ2v) is 4.31. The van der Waals surface area contributed by atoms with E-state index in [2.05, 4.69) is 0 Å². The monoisotopic (exact) mass is 219 g/mol. The first-order chi connectivity index (χ1) is 7.75. The van der Waals surface area contributed by atoms with Crippen molar-refractivity contribution in [2.75, 3.05) is 13.7 Å². The molecule has 86 valence electrons. The van der Waals surface area contributed by atoms with E-state index in [1.165, 1.54) is 7.11 Å². The summed E-state index contributed by atoms with van der Waals surface area (Å²) < 4.78 is 4.94. The van der Waals surface area contributed by atoms with E-state index in [0.29, 0.717) is 12.5 Å². The first-order valence-electron chi connectivity index (χ1n) is 5.59. The maximum atomic E-state index is 12.0. The Morgan fingerprint density at radius 1 is 1.44 bits per heavy atom. The third-order valence-electron chi connectivity index (χ3n) is 3.43. The third-order valence-corrected chi connectivity index (χ3v) is 3.43. The van der Waals surface area contributed by atoms with E-state index < -0.39 is 5.41 Å². The number of esters is 1. The Labute approximate surface area is 95.6 Å². The predicted molar refractivity (Wildman–Crippen MR) is 61.9 cm³/mol. The Morgan fingerprint density at radius 3 is 2.50 bits per heavy atom. The van der Waals surface area contributed by atoms with Crippen molar-refractivity contribution in [3.63, 3.8) is 0 Å². The van der Waals surface area contributed by atoms with Crippen LogP contribution in [0.2, 0.25) is 0 Å². The van der Waals surface area contributed by atoms with E-state index in [1.807, 2.05) is 30.3 Å². The number of benzene rings is 1. The van der Waals surface area contributed by atoms with Crippen LogP contribution in [0, 0.1) is 5.92 Å². The highest BCUT2D eigenvalue weighted by atomic mass is 16.5. The second kappa shape index (κ2) is 4.26. The van der Waals surface area contributed by atoms with E-state index >= 15 is 0 Å². The number of carbonyl (C=O) groups excluding carboxylic acids is 1. The molecule has 1 atom stereocenters. The van der Waals surface area contributed by atoms with E-state index in [1.54, 1.807) is 0 Å². The van der Waals surface area contributed by atoms with E-state index in [9.17, 15) is 4.79 Å². The molecule has 1 aromatic carbocycles. The van der Waals surface area contributed by atoms with Gasteiger partial charge in [0.25, 0.3) is 0 Å². The molecular weight excluding hydrogens is 202 g/mol. The average Bonchev–Trinajstić information content (AvgIpc) is 3.16. The minimum atomic E-state index is -0.629. The molecule has 0 radical (unpaired) electrons. The standard InChI is InChI=1S/C13H17NO2/c1-16-12(15)13(9-14,11-7-8-11)10-5-3-2-4-6-10/h2-6,11H,7-9,14H2,1H3. The fourth-order valence-electron chi connectivity index (χ4n) is 2.38. The summed E-state index contributed by atoms with van der Waals surface area (Å²) in [4.78, 5) is 12.0. The number of methoxy groups -OCH3 is 1. The number of ether oxygens (including phenoxy) is 1. The fraction of sp³-hybridized carbons (Fsp3) is 0.462. The molecule has 1 aromatic rings. The fourth-order valence-corrected chi connectivity index (χ4v) is 2.38. The average molecular weight is 219 g/mol. The second-order valence-electron chi connectivity index (χ2n) is 4.31. The van der Waals surface area contributed by atoms with Crippen LogP contribution in [-0.4, -0.2) is 19.6 Å². The van der Waals surface area contributed by atoms with Gasteiger partial charge in [0.15, 0.2) is 0 Å². The van der Waals surface area contributed by atoms with Gasteiger partial charge < -0.3 is 10.5 Å². The summed E-state index contributed by atoms with van der Waals surface area (Å²) in [6.07, 6.45) is 2.11. The summed E-state index contributed by atoms with van der Waals surface area (Å²) in [7, 11) is 1.43. The van der Waals surface area contributed by atoms with E-state index in [4.69, 9.17) is 10.5 Å². The van der Waals surface area contributed by atoms with Gasteiger partial charge in [0.1, 0.15) is 5.41 Å². The SMILES string of the molecule is COC(=O)C(CN)(c1ccccc1)C1CC1. The minimum Gasteiger partial charge on any atom is -0.468 e. The van der Waals surface area contributed by atoms with Crippen LogP contribution in [0.4, 0.5) is 0 Å². The quantitative estimate of drug-likeness (QED) is 0.780. The van der Waals surface area contributed by atoms with Crippen molar-refractivity contribution in [2.24, 2.45) is 11.7 Å². The molecule has 1 aliphatic carbocycles. The van der Waals surface area contributed by atoms with Crippen molar-refractivity contribution in [3.8, 4) is 0 Å². The summed E-state index contributed by atoms with van der Waals surface area (Å²) >= 11 is 0. The Hall–Kier alpha value is -1.35. The Bertz CT molecular complexity index is 373. The summed E-state index contributed by atoms with van der Waals surface area (Å²) in [5.74, 6) is 0.135. The molecular formula is C13H17NO2. The van der Waals surface area contributed by atoms with Gasteiger partial charge in [0, 0.05) is 6.54 Å². The minimum absolute atomic E-state index is 0.205. The molecule has 1 aliphatic rings. The number of nitrogens with two attached hydrogens (primary N) is 1. The molecule has 0 aliphatic heterocycles. The maximum Gasteiger partial charge on any atom is 0.317 e. The highest BCUT2D eigenvalue weighted by molar-refractivity contribution is 5.84. The lowest BCUT2D eigenvalue weighted by atomic mass is 9.76. The summed E-state index contributed by atoms with van der Waals surface area (Å²) in [5.41, 5.74) is 6.21. The van der Waals surface area contributed by atoms with Gasteiger partial charge in [-0.1, -0.05) is 30.3 Å². The molecule has 1 fully saturated rings. The van der Waals surface area contributed by atoms with Gasteiger partial charge in [0.05, 0.1) is 7.11 Å². The molecule has 3 nitrogen and oxygen atoms in total. The van der Waals surface area contributed by atoms with Crippen LogP contribution >= 0.6 is 0 Å². The van der Waals surface area contributed by atoms with Crippen LogP contribution in [0.5, 0.6) is 0 Å². The molecule has 0 spiro atoms. The molecule has 0 heterocycles. The zero-order chi connectivity index (χ0) is 11.6. The maximum absolute atomic E-state index is 12.0. The normalized spacial score (nSPS) is 18.9. The van der Waals surface area contributed by atoms with Gasteiger partial charge in [-0.2, -0.15) is 0 Å². The van der Waals surface area contributed by atoms with Crippen LogP contribution < -0.4 is 5.73 Å². The van der Waals surface area contributed by atoms with Gasteiger partial charge in [-0.15, -0.1) is 0 Å². The lowest BCUT2D eigenvalue weighted by molar-refractivity contribution is -0.148. The van der Waals surface area contributed by atoms with Crippen LogP contribution in [0.25, 0.3) is 0 Å². The van der Waals surface area contributed by atoms with E-state index in [-0.39, 0.29) is 5.97 Å². The smallest absolute Gasteiger partial charge is 0.317 e. The number of carbonyl (C=O) groups is 1. The molecule has 0 saturated heterocycles. The number of hydrogen-bond acceptors (Lipinski definition) is 3. The van der Waals surface area contributed by atoms with Crippen molar-refractivity contribution in [3.05, 3.63) is 35.9 Å². The van der Waals surface area contributed by atoms with Crippen molar-refractivity contribution >= 4 is 5.97 Å². The van der Waals surface area contributed by atoms with Gasteiger partial charge in [0.2, 0.25) is 0 Å². The third kappa shape index (κ3) is 1.61. The Balaban J connectivity index is 2.44. The van der Waals surface area contributed by atoms with Crippen molar-refractivity contribution in [1.82, 2.24) is 0 Å². The highest BCUT2D eigenvalue weighted by Crippen LogP contribution is 2.47. The van der Waals surface area contributed by atoms with Gasteiger partial charge in [-0.3, -0.25) is 4.79 Å². The van der Waals surface area contributed by atoms with Crippen LogP contribution in [0.15, 0.2) is 30.3 Å². The molecule has 2 N–H and O–H groups in total. The van der Waals surface area contributed by atoms with Gasteiger partial charge in [-0.25, -0.2) is 0 Å². The summed E-state index contributed by atoms with van der Waals surface area (Å²) in [6, 6.07) is 9.73. The molecule has 16 heavy (non-hydrogen) atoms. The summed E-state index contributed by atoms with van der Waals surface area (Å²) in [5, 5.41) is 0. The molecule has 0 amide bonds. The highest BCUT2D eigenvalue weighted by Gasteiger charge is 2.52. The lowest BCUT2D eigenvalue weighted by Crippen LogP contribution is -2.45. The number of rotatable bonds is 4. The first-order valence-corrected chi connectivity index (χ1v) is 5.59. The lowest BCUT2D eigenvalue weighted by Gasteiger charge is -2.30. The van der Waals surface area contributed by atoms with Crippen molar-refractivity contribution < 1.29 is 9.53 Å².